The highest BCUT2D eigenvalue weighted by molar-refractivity contribution is 9.10. The Morgan fingerprint density at radius 3 is 2.67 bits per heavy atom. The van der Waals surface area contributed by atoms with Gasteiger partial charge in [-0.1, -0.05) is 56.1 Å². The van der Waals surface area contributed by atoms with E-state index in [1.807, 2.05) is 12.1 Å². The van der Waals surface area contributed by atoms with E-state index in [2.05, 4.69) is 57.0 Å². The molecule has 64 valence electrons. The van der Waals surface area contributed by atoms with E-state index in [-0.39, 0.29) is 0 Å². The zero-order valence-electron chi connectivity index (χ0n) is 6.85. The fourth-order valence-electron chi connectivity index (χ4n) is 1.01. The fourth-order valence-corrected chi connectivity index (χ4v) is 2.09. The third kappa shape index (κ3) is 2.46. The molecule has 0 heterocycles. The van der Waals surface area contributed by atoms with Crippen LogP contribution in [0.1, 0.15) is 12.5 Å². The summed E-state index contributed by atoms with van der Waals surface area (Å²) in [6, 6.07) is 8.24. The van der Waals surface area contributed by atoms with E-state index in [4.69, 9.17) is 0 Å². The van der Waals surface area contributed by atoms with Crippen LogP contribution in [-0.4, -0.2) is 5.33 Å². The zero-order valence-corrected chi connectivity index (χ0v) is 10.0. The van der Waals surface area contributed by atoms with Gasteiger partial charge in [0.05, 0.1) is 0 Å². The lowest BCUT2D eigenvalue weighted by atomic mass is 10.1. The Kier molecular flexibility index (Phi) is 4.02. The molecule has 0 radical (unpaired) electrons. The number of hydrogen-bond donors (Lipinski definition) is 0. The number of hydrogen-bond acceptors (Lipinski definition) is 0. The van der Waals surface area contributed by atoms with Crippen LogP contribution < -0.4 is 0 Å². The molecule has 0 atom stereocenters. The zero-order chi connectivity index (χ0) is 8.97. The largest absolute Gasteiger partial charge is 0.0883 e. The normalized spacial score (nSPS) is 11.8. The molecule has 0 spiro atoms. The summed E-state index contributed by atoms with van der Waals surface area (Å²) in [5.41, 5.74) is 2.55. The summed E-state index contributed by atoms with van der Waals surface area (Å²) >= 11 is 6.89. The number of halogens is 2. The first kappa shape index (κ1) is 10.0. The lowest BCUT2D eigenvalue weighted by Gasteiger charge is -2.02. The lowest BCUT2D eigenvalue weighted by molar-refractivity contribution is 1.51. The van der Waals surface area contributed by atoms with Gasteiger partial charge in [-0.25, -0.2) is 0 Å². The Labute approximate surface area is 89.9 Å². The molecule has 0 amide bonds. The van der Waals surface area contributed by atoms with Crippen molar-refractivity contribution in [2.45, 2.75) is 6.92 Å². The van der Waals surface area contributed by atoms with Crippen molar-refractivity contribution in [2.24, 2.45) is 0 Å². The first-order chi connectivity index (χ1) is 5.75. The van der Waals surface area contributed by atoms with Crippen LogP contribution in [0.2, 0.25) is 0 Å². The van der Waals surface area contributed by atoms with Crippen molar-refractivity contribution in [1.29, 1.82) is 0 Å². The minimum atomic E-state index is 0.903. The molecule has 0 saturated carbocycles. The molecule has 0 aliphatic rings. The predicted molar refractivity (Wildman–Crippen MR) is 61.6 cm³/mol. The van der Waals surface area contributed by atoms with Crippen LogP contribution in [0.25, 0.3) is 5.57 Å². The van der Waals surface area contributed by atoms with Gasteiger partial charge in [0.1, 0.15) is 0 Å². The summed E-state index contributed by atoms with van der Waals surface area (Å²) in [6.45, 7) is 2.11. The highest BCUT2D eigenvalue weighted by atomic mass is 79.9. The minimum Gasteiger partial charge on any atom is -0.0883 e. The third-order valence-electron chi connectivity index (χ3n) is 1.68. The number of alkyl halides is 1. The van der Waals surface area contributed by atoms with Crippen LogP contribution in [-0.2, 0) is 0 Å². The Morgan fingerprint density at radius 2 is 2.08 bits per heavy atom. The first-order valence-corrected chi connectivity index (χ1v) is 5.64. The molecule has 0 saturated heterocycles. The maximum atomic E-state index is 3.51. The molecule has 0 aliphatic carbocycles. The number of rotatable bonds is 2. The summed E-state index contributed by atoms with van der Waals surface area (Å²) in [6.07, 6.45) is 2.15. The van der Waals surface area contributed by atoms with Crippen LogP contribution in [0.3, 0.4) is 0 Å². The summed E-state index contributed by atoms with van der Waals surface area (Å²) < 4.78 is 1.15. The second-order valence-electron chi connectivity index (χ2n) is 2.52. The fraction of sp³-hybridized carbons (Fsp3) is 0.200. The number of benzene rings is 1. The second-order valence-corrected chi connectivity index (χ2v) is 4.02. The molecule has 0 bridgehead atoms. The Morgan fingerprint density at radius 1 is 1.42 bits per heavy atom. The third-order valence-corrected chi connectivity index (χ3v) is 2.70. The van der Waals surface area contributed by atoms with Crippen molar-refractivity contribution in [3.8, 4) is 0 Å². The molecule has 0 unspecified atom stereocenters. The molecular weight excluding hydrogens is 280 g/mol. The van der Waals surface area contributed by atoms with Gasteiger partial charge in [-0.15, -0.1) is 0 Å². The maximum absolute atomic E-state index is 3.51. The molecular formula is C10H10Br2. The molecule has 0 aromatic heterocycles. The van der Waals surface area contributed by atoms with Gasteiger partial charge >= 0.3 is 0 Å². The van der Waals surface area contributed by atoms with E-state index in [1.54, 1.807) is 0 Å². The van der Waals surface area contributed by atoms with Crippen molar-refractivity contribution >= 4 is 37.4 Å². The van der Waals surface area contributed by atoms with E-state index in [0.29, 0.717) is 0 Å². The quantitative estimate of drug-likeness (QED) is 0.714. The minimum absolute atomic E-state index is 0.903. The topological polar surface area (TPSA) is 0 Å². The monoisotopic (exact) mass is 288 g/mol. The van der Waals surface area contributed by atoms with Crippen molar-refractivity contribution in [1.82, 2.24) is 0 Å². The van der Waals surface area contributed by atoms with E-state index in [1.165, 1.54) is 11.1 Å². The van der Waals surface area contributed by atoms with Gasteiger partial charge in [-0.3, -0.25) is 0 Å². The molecule has 0 fully saturated rings. The average molecular weight is 290 g/mol. The van der Waals surface area contributed by atoms with Crippen molar-refractivity contribution in [3.63, 3.8) is 0 Å². The molecule has 0 N–H and O–H groups in total. The van der Waals surface area contributed by atoms with Gasteiger partial charge < -0.3 is 0 Å². The van der Waals surface area contributed by atoms with Crippen LogP contribution in [0, 0.1) is 0 Å². The van der Waals surface area contributed by atoms with Gasteiger partial charge in [-0.05, 0) is 24.1 Å². The summed E-state index contributed by atoms with van der Waals surface area (Å²) in [4.78, 5) is 0. The summed E-state index contributed by atoms with van der Waals surface area (Å²) in [5, 5.41) is 0.903. The van der Waals surface area contributed by atoms with Crippen molar-refractivity contribution in [3.05, 3.63) is 40.4 Å². The molecule has 1 aromatic carbocycles. The van der Waals surface area contributed by atoms with Crippen molar-refractivity contribution in [2.75, 3.05) is 5.33 Å². The van der Waals surface area contributed by atoms with E-state index in [9.17, 15) is 0 Å². The van der Waals surface area contributed by atoms with E-state index >= 15 is 0 Å². The summed E-state index contributed by atoms with van der Waals surface area (Å²) in [7, 11) is 0. The predicted octanol–water partition coefficient (Wildman–Crippen LogP) is 4.25. The molecule has 12 heavy (non-hydrogen) atoms. The van der Waals surface area contributed by atoms with Crippen LogP contribution in [0.15, 0.2) is 34.8 Å². The highest BCUT2D eigenvalue weighted by Gasteiger charge is 1.98. The lowest BCUT2D eigenvalue weighted by Crippen LogP contribution is -1.81. The van der Waals surface area contributed by atoms with Gasteiger partial charge in [0.15, 0.2) is 0 Å². The Balaban J connectivity index is 3.02. The number of allylic oxidation sites excluding steroid dienone is 2. The summed E-state index contributed by atoms with van der Waals surface area (Å²) in [5.74, 6) is 0. The van der Waals surface area contributed by atoms with Crippen LogP contribution in [0.4, 0.5) is 0 Å². The van der Waals surface area contributed by atoms with Crippen LogP contribution >= 0.6 is 31.9 Å². The molecule has 0 aliphatic heterocycles. The average Bonchev–Trinajstić information content (AvgIpc) is 2.05. The SMILES string of the molecule is C/C(=C/CBr)c1ccccc1Br. The van der Waals surface area contributed by atoms with Crippen LogP contribution in [0.5, 0.6) is 0 Å². The first-order valence-electron chi connectivity index (χ1n) is 3.73. The second kappa shape index (κ2) is 4.83. The smallest absolute Gasteiger partial charge is 0.0250 e. The van der Waals surface area contributed by atoms with E-state index < -0.39 is 0 Å². The van der Waals surface area contributed by atoms with Gasteiger partial charge in [0, 0.05) is 9.80 Å². The highest BCUT2D eigenvalue weighted by Crippen LogP contribution is 2.23. The Hall–Kier alpha value is -0.0800. The van der Waals surface area contributed by atoms with E-state index in [0.717, 1.165) is 9.80 Å². The maximum Gasteiger partial charge on any atom is 0.0250 e. The molecule has 1 rings (SSSR count). The molecule has 1 aromatic rings. The standard InChI is InChI=1S/C10H10Br2/c1-8(6-7-11)9-4-2-3-5-10(9)12/h2-6H,7H2,1H3/b8-6-. The van der Waals surface area contributed by atoms with Crippen molar-refractivity contribution < 1.29 is 0 Å². The van der Waals surface area contributed by atoms with Gasteiger partial charge in [0.2, 0.25) is 0 Å². The Bertz CT molecular complexity index is 290. The van der Waals surface area contributed by atoms with Gasteiger partial charge in [-0.2, -0.15) is 0 Å². The molecule has 2 heteroatoms. The molecule has 0 nitrogen and oxygen atoms in total. The van der Waals surface area contributed by atoms with Gasteiger partial charge in [0.25, 0.3) is 0 Å².